The van der Waals surface area contributed by atoms with Gasteiger partial charge in [-0.05, 0) is 29.9 Å². The second-order valence-corrected chi connectivity index (χ2v) is 9.34. The molecule has 146 valence electrons. The zero-order valence-corrected chi connectivity index (χ0v) is 18.1. The Morgan fingerprint density at radius 1 is 1.21 bits per heavy atom. The Morgan fingerprint density at radius 3 is 2.46 bits per heavy atom. The Hall–Kier alpha value is -2.45. The first-order valence-corrected chi connectivity index (χ1v) is 10.6. The molecule has 0 spiro atoms. The fraction of sp³-hybridized carbons (Fsp3) is 0.435. The van der Waals surface area contributed by atoms with Gasteiger partial charge in [0.05, 0.1) is 11.5 Å². The molecule has 0 aliphatic carbocycles. The number of nitrogens with zero attached hydrogens (tertiary/aromatic N) is 3. The Labute approximate surface area is 170 Å². The lowest BCUT2D eigenvalue weighted by molar-refractivity contribution is 0.590. The van der Waals surface area contributed by atoms with Gasteiger partial charge in [0.15, 0.2) is 0 Å². The van der Waals surface area contributed by atoms with Crippen molar-refractivity contribution in [2.24, 2.45) is 0 Å². The fourth-order valence-corrected chi connectivity index (χ4v) is 4.59. The van der Waals surface area contributed by atoms with E-state index in [9.17, 15) is 4.79 Å². The van der Waals surface area contributed by atoms with Crippen LogP contribution in [-0.2, 0) is 18.4 Å². The van der Waals surface area contributed by atoms with E-state index in [1.54, 1.807) is 15.9 Å². The van der Waals surface area contributed by atoms with Crippen LogP contribution >= 0.6 is 11.3 Å². The van der Waals surface area contributed by atoms with Gasteiger partial charge in [0.2, 0.25) is 0 Å². The second kappa shape index (κ2) is 7.89. The molecule has 2 aromatic heterocycles. The molecule has 0 bridgehead atoms. The van der Waals surface area contributed by atoms with Gasteiger partial charge in [-0.25, -0.2) is 4.98 Å². The lowest BCUT2D eigenvalue weighted by Crippen LogP contribution is -2.25. The van der Waals surface area contributed by atoms with Gasteiger partial charge in [0.1, 0.15) is 10.7 Å². The van der Waals surface area contributed by atoms with E-state index in [0.717, 1.165) is 26.7 Å². The molecule has 0 saturated carbocycles. The van der Waals surface area contributed by atoms with Gasteiger partial charge in [-0.15, -0.1) is 11.3 Å². The van der Waals surface area contributed by atoms with Crippen LogP contribution in [-0.4, -0.2) is 9.55 Å². The van der Waals surface area contributed by atoms with Gasteiger partial charge < -0.3 is 0 Å². The SMILES string of the molecule is CCc1nc2sc(C)c(-c3ccc(C(C)(C)C)cc3)c2c(=O)n1CCCC#N. The van der Waals surface area contributed by atoms with Gasteiger partial charge in [0.25, 0.3) is 5.56 Å². The van der Waals surface area contributed by atoms with Crippen LogP contribution in [0.3, 0.4) is 0 Å². The minimum absolute atomic E-state index is 0.0130. The Kier molecular flexibility index (Phi) is 5.71. The molecule has 0 aliphatic rings. The molecule has 0 radical (unpaired) electrons. The van der Waals surface area contributed by atoms with Gasteiger partial charge in [-0.3, -0.25) is 9.36 Å². The third kappa shape index (κ3) is 3.74. The van der Waals surface area contributed by atoms with E-state index in [1.165, 1.54) is 5.56 Å². The maximum absolute atomic E-state index is 13.4. The van der Waals surface area contributed by atoms with Crippen LogP contribution in [0.15, 0.2) is 29.1 Å². The van der Waals surface area contributed by atoms with Crippen molar-refractivity contribution in [1.82, 2.24) is 9.55 Å². The van der Waals surface area contributed by atoms with E-state index >= 15 is 0 Å². The van der Waals surface area contributed by atoms with E-state index in [4.69, 9.17) is 10.2 Å². The molecular formula is C23H27N3OS. The maximum atomic E-state index is 13.4. The summed E-state index contributed by atoms with van der Waals surface area (Å²) in [6.07, 6.45) is 1.80. The van der Waals surface area contributed by atoms with E-state index < -0.39 is 0 Å². The van der Waals surface area contributed by atoms with Crippen molar-refractivity contribution >= 4 is 21.6 Å². The number of benzene rings is 1. The highest BCUT2D eigenvalue weighted by Crippen LogP contribution is 2.36. The standard InChI is InChI=1S/C23H27N3OS/c1-6-18-25-21-20(22(27)26(18)14-8-7-13-24)19(15(2)28-21)16-9-11-17(12-10-16)23(3,4)5/h9-12H,6-8,14H2,1-5H3. The minimum atomic E-state index is 0.0130. The molecule has 0 N–H and O–H groups in total. The summed E-state index contributed by atoms with van der Waals surface area (Å²) in [6, 6.07) is 10.7. The maximum Gasteiger partial charge on any atom is 0.262 e. The van der Waals surface area contributed by atoms with Crippen molar-refractivity contribution in [3.05, 3.63) is 50.9 Å². The normalized spacial score (nSPS) is 11.7. The van der Waals surface area contributed by atoms with Crippen LogP contribution in [0.2, 0.25) is 0 Å². The lowest BCUT2D eigenvalue weighted by Gasteiger charge is -2.19. The number of nitriles is 1. The summed E-state index contributed by atoms with van der Waals surface area (Å²) in [4.78, 5) is 20.1. The molecule has 5 heteroatoms. The molecule has 0 saturated heterocycles. The van der Waals surface area contributed by atoms with Crippen LogP contribution in [0.25, 0.3) is 21.3 Å². The molecule has 0 aliphatic heterocycles. The molecule has 0 unspecified atom stereocenters. The zero-order chi connectivity index (χ0) is 20.5. The molecule has 3 rings (SSSR count). The van der Waals surface area contributed by atoms with Crippen LogP contribution in [0.4, 0.5) is 0 Å². The number of fused-ring (bicyclic) bond motifs is 1. The third-order valence-electron chi connectivity index (χ3n) is 5.09. The highest BCUT2D eigenvalue weighted by atomic mass is 32.1. The second-order valence-electron chi connectivity index (χ2n) is 8.14. The highest BCUT2D eigenvalue weighted by Gasteiger charge is 2.20. The summed E-state index contributed by atoms with van der Waals surface area (Å²) in [5.41, 5.74) is 3.43. The largest absolute Gasteiger partial charge is 0.296 e. The number of unbranched alkanes of at least 4 members (excludes halogenated alkanes) is 1. The summed E-state index contributed by atoms with van der Waals surface area (Å²) in [6.45, 7) is 11.2. The van der Waals surface area contributed by atoms with Crippen molar-refractivity contribution in [3.8, 4) is 17.2 Å². The summed E-state index contributed by atoms with van der Waals surface area (Å²) < 4.78 is 1.76. The van der Waals surface area contributed by atoms with Crippen LogP contribution in [0.1, 0.15) is 56.8 Å². The summed E-state index contributed by atoms with van der Waals surface area (Å²) in [7, 11) is 0. The first-order valence-electron chi connectivity index (χ1n) is 9.78. The number of rotatable bonds is 5. The minimum Gasteiger partial charge on any atom is -0.296 e. The molecule has 1 aromatic carbocycles. The molecule has 2 heterocycles. The van der Waals surface area contributed by atoms with Crippen LogP contribution in [0, 0.1) is 18.3 Å². The van der Waals surface area contributed by atoms with Crippen molar-refractivity contribution in [3.63, 3.8) is 0 Å². The van der Waals surface area contributed by atoms with Crippen molar-refractivity contribution in [2.45, 2.75) is 65.8 Å². The first-order chi connectivity index (χ1) is 13.3. The van der Waals surface area contributed by atoms with E-state index in [2.05, 4.69) is 58.0 Å². The average molecular weight is 394 g/mol. The predicted molar refractivity (Wildman–Crippen MR) is 117 cm³/mol. The Bertz CT molecular complexity index is 1090. The fourth-order valence-electron chi connectivity index (χ4n) is 3.54. The summed E-state index contributed by atoms with van der Waals surface area (Å²) in [5.74, 6) is 0.798. The van der Waals surface area contributed by atoms with Crippen molar-refractivity contribution in [2.75, 3.05) is 0 Å². The molecule has 4 nitrogen and oxygen atoms in total. The Balaban J connectivity index is 2.18. The highest BCUT2D eigenvalue weighted by molar-refractivity contribution is 7.19. The van der Waals surface area contributed by atoms with Crippen molar-refractivity contribution < 1.29 is 0 Å². The Morgan fingerprint density at radius 2 is 1.89 bits per heavy atom. The third-order valence-corrected chi connectivity index (χ3v) is 6.09. The van der Waals surface area contributed by atoms with E-state index in [-0.39, 0.29) is 11.0 Å². The van der Waals surface area contributed by atoms with Gasteiger partial charge in [-0.1, -0.05) is 52.0 Å². The molecule has 28 heavy (non-hydrogen) atoms. The number of hydrogen-bond donors (Lipinski definition) is 0. The zero-order valence-electron chi connectivity index (χ0n) is 17.3. The summed E-state index contributed by atoms with van der Waals surface area (Å²) in [5, 5.41) is 9.54. The van der Waals surface area contributed by atoms with Gasteiger partial charge in [0, 0.05) is 29.8 Å². The molecule has 3 aromatic rings. The predicted octanol–water partition coefficient (Wildman–Crippen LogP) is 5.60. The van der Waals surface area contributed by atoms with Gasteiger partial charge in [-0.2, -0.15) is 5.26 Å². The number of aryl methyl sites for hydroxylation is 2. The number of hydrogen-bond acceptors (Lipinski definition) is 4. The topological polar surface area (TPSA) is 58.7 Å². The van der Waals surface area contributed by atoms with Crippen molar-refractivity contribution in [1.29, 1.82) is 5.26 Å². The molecule has 0 fully saturated rings. The molecule has 0 atom stereocenters. The van der Waals surface area contributed by atoms with Crippen LogP contribution in [0.5, 0.6) is 0 Å². The number of thiophene rings is 1. The quantitative estimate of drug-likeness (QED) is 0.530. The smallest absolute Gasteiger partial charge is 0.262 e. The van der Waals surface area contributed by atoms with E-state index in [0.29, 0.717) is 31.2 Å². The number of aromatic nitrogens is 2. The summed E-state index contributed by atoms with van der Waals surface area (Å²) >= 11 is 1.59. The monoisotopic (exact) mass is 393 g/mol. The molecular weight excluding hydrogens is 366 g/mol. The van der Waals surface area contributed by atoms with Crippen LogP contribution < -0.4 is 5.56 Å². The first kappa shape index (κ1) is 20.3. The van der Waals surface area contributed by atoms with Gasteiger partial charge >= 0.3 is 0 Å². The molecule has 0 amide bonds. The average Bonchev–Trinajstić information content (AvgIpc) is 2.99. The van der Waals surface area contributed by atoms with E-state index in [1.807, 2.05) is 6.92 Å². The lowest BCUT2D eigenvalue weighted by atomic mass is 9.86.